The Morgan fingerprint density at radius 1 is 1.33 bits per heavy atom. The molecule has 1 heterocycles. The smallest absolute Gasteiger partial charge is 0.317 e. The van der Waals surface area contributed by atoms with Gasteiger partial charge in [-0.1, -0.05) is 12.1 Å². The van der Waals surface area contributed by atoms with Gasteiger partial charge in [0.25, 0.3) is 0 Å². The Balaban J connectivity index is 2.05. The van der Waals surface area contributed by atoms with Crippen LogP contribution in [0.3, 0.4) is 0 Å². The van der Waals surface area contributed by atoms with Crippen molar-refractivity contribution >= 4 is 0 Å². The van der Waals surface area contributed by atoms with Crippen LogP contribution in [0.4, 0.5) is 13.2 Å². The third kappa shape index (κ3) is 3.81. The molecule has 1 unspecified atom stereocenters. The first-order chi connectivity index (χ1) is 9.91. The molecule has 1 aromatic heterocycles. The molecule has 0 amide bonds. The molecule has 4 nitrogen and oxygen atoms in total. The van der Waals surface area contributed by atoms with E-state index in [2.05, 4.69) is 15.5 Å². The summed E-state index contributed by atoms with van der Waals surface area (Å²) in [5.41, 5.74) is -0.0437. The topological polar surface area (TPSA) is 42.7 Å². The molecule has 0 saturated heterocycles. The zero-order valence-corrected chi connectivity index (χ0v) is 11.9. The van der Waals surface area contributed by atoms with E-state index >= 15 is 0 Å². The van der Waals surface area contributed by atoms with Crippen molar-refractivity contribution < 1.29 is 13.2 Å². The van der Waals surface area contributed by atoms with Crippen LogP contribution in [0, 0.1) is 0 Å². The molecular weight excluding hydrogens is 281 g/mol. The van der Waals surface area contributed by atoms with Gasteiger partial charge in [0, 0.05) is 12.6 Å². The maximum atomic E-state index is 12.7. The van der Waals surface area contributed by atoms with E-state index in [1.165, 1.54) is 12.1 Å². The van der Waals surface area contributed by atoms with Crippen LogP contribution in [0.1, 0.15) is 36.8 Å². The quantitative estimate of drug-likeness (QED) is 0.922. The van der Waals surface area contributed by atoms with Gasteiger partial charge in [-0.15, -0.1) is 10.2 Å². The summed E-state index contributed by atoms with van der Waals surface area (Å²) in [6.45, 7) is 5.00. The van der Waals surface area contributed by atoms with Crippen LogP contribution >= 0.6 is 0 Å². The third-order valence-corrected chi connectivity index (χ3v) is 3.32. The van der Waals surface area contributed by atoms with E-state index < -0.39 is 11.7 Å². The lowest BCUT2D eigenvalue weighted by atomic mass is 10.0. The van der Waals surface area contributed by atoms with Gasteiger partial charge < -0.3 is 9.88 Å². The SMILES string of the molecule is CCn1cnnc1CNC(C)c1cccc(C(F)(F)F)c1. The van der Waals surface area contributed by atoms with Gasteiger partial charge in [0.2, 0.25) is 0 Å². The maximum absolute atomic E-state index is 12.7. The van der Waals surface area contributed by atoms with Crippen LogP contribution in [-0.2, 0) is 19.3 Å². The number of hydrogen-bond donors (Lipinski definition) is 1. The number of alkyl halides is 3. The lowest BCUT2D eigenvalue weighted by Gasteiger charge is -2.16. The van der Waals surface area contributed by atoms with Gasteiger partial charge in [0.1, 0.15) is 12.2 Å². The molecule has 2 rings (SSSR count). The highest BCUT2D eigenvalue weighted by Gasteiger charge is 2.30. The molecule has 21 heavy (non-hydrogen) atoms. The molecule has 0 aliphatic rings. The van der Waals surface area contributed by atoms with Crippen molar-refractivity contribution in [2.75, 3.05) is 0 Å². The molecule has 1 atom stereocenters. The largest absolute Gasteiger partial charge is 0.416 e. The molecule has 1 N–H and O–H groups in total. The molecule has 0 bridgehead atoms. The summed E-state index contributed by atoms with van der Waals surface area (Å²) in [6, 6.07) is 5.13. The van der Waals surface area contributed by atoms with Crippen LogP contribution in [-0.4, -0.2) is 14.8 Å². The van der Waals surface area contributed by atoms with E-state index in [1.807, 2.05) is 18.4 Å². The second-order valence-corrected chi connectivity index (χ2v) is 4.76. The molecule has 114 valence electrons. The number of nitrogens with zero attached hydrogens (tertiary/aromatic N) is 3. The Kier molecular flexibility index (Phi) is 4.62. The number of hydrogen-bond acceptors (Lipinski definition) is 3. The molecule has 0 saturated carbocycles. The van der Waals surface area contributed by atoms with Crippen molar-refractivity contribution in [1.29, 1.82) is 0 Å². The molecule has 0 fully saturated rings. The number of benzene rings is 1. The number of rotatable bonds is 5. The monoisotopic (exact) mass is 298 g/mol. The van der Waals surface area contributed by atoms with Crippen molar-refractivity contribution in [3.8, 4) is 0 Å². The highest BCUT2D eigenvalue weighted by Crippen LogP contribution is 2.30. The van der Waals surface area contributed by atoms with E-state index in [4.69, 9.17) is 0 Å². The van der Waals surface area contributed by atoms with Gasteiger partial charge in [-0.25, -0.2) is 0 Å². The fourth-order valence-corrected chi connectivity index (χ4v) is 2.03. The van der Waals surface area contributed by atoms with Gasteiger partial charge in [0.05, 0.1) is 12.1 Å². The summed E-state index contributed by atoms with van der Waals surface area (Å²) < 4.78 is 40.0. The van der Waals surface area contributed by atoms with Crippen molar-refractivity contribution in [2.45, 2.75) is 39.2 Å². The molecule has 0 spiro atoms. The lowest BCUT2D eigenvalue weighted by Crippen LogP contribution is -2.21. The van der Waals surface area contributed by atoms with Crippen molar-refractivity contribution in [3.63, 3.8) is 0 Å². The van der Waals surface area contributed by atoms with Crippen molar-refractivity contribution in [3.05, 3.63) is 47.5 Å². The first kappa shape index (κ1) is 15.5. The molecule has 0 aliphatic carbocycles. The first-order valence-corrected chi connectivity index (χ1v) is 6.69. The minimum atomic E-state index is -4.32. The van der Waals surface area contributed by atoms with E-state index in [0.29, 0.717) is 12.1 Å². The summed E-state index contributed by atoms with van der Waals surface area (Å²) >= 11 is 0. The van der Waals surface area contributed by atoms with Crippen LogP contribution in [0.5, 0.6) is 0 Å². The van der Waals surface area contributed by atoms with Crippen LogP contribution in [0.15, 0.2) is 30.6 Å². The first-order valence-electron chi connectivity index (χ1n) is 6.69. The van der Waals surface area contributed by atoms with Crippen LogP contribution < -0.4 is 5.32 Å². The summed E-state index contributed by atoms with van der Waals surface area (Å²) in [5.74, 6) is 0.760. The van der Waals surface area contributed by atoms with Gasteiger partial charge >= 0.3 is 6.18 Å². The molecule has 0 aliphatic heterocycles. The summed E-state index contributed by atoms with van der Waals surface area (Å²) in [7, 11) is 0. The Morgan fingerprint density at radius 3 is 2.76 bits per heavy atom. The predicted octanol–water partition coefficient (Wildman–Crippen LogP) is 3.17. The van der Waals surface area contributed by atoms with Gasteiger partial charge in [-0.3, -0.25) is 0 Å². The van der Waals surface area contributed by atoms with Gasteiger partial charge in [-0.2, -0.15) is 13.2 Å². The summed E-state index contributed by atoms with van der Waals surface area (Å²) in [6.07, 6.45) is -2.69. The minimum absolute atomic E-state index is 0.214. The second-order valence-electron chi connectivity index (χ2n) is 4.76. The number of aryl methyl sites for hydroxylation is 1. The highest BCUT2D eigenvalue weighted by molar-refractivity contribution is 5.27. The van der Waals surface area contributed by atoms with Crippen LogP contribution in [0.2, 0.25) is 0 Å². The second kappa shape index (κ2) is 6.26. The molecule has 2 aromatic rings. The molecular formula is C14H17F3N4. The maximum Gasteiger partial charge on any atom is 0.416 e. The average molecular weight is 298 g/mol. The fourth-order valence-electron chi connectivity index (χ4n) is 2.03. The number of nitrogens with one attached hydrogen (secondary N) is 1. The van der Waals surface area contributed by atoms with E-state index in [1.54, 1.807) is 12.4 Å². The zero-order valence-electron chi connectivity index (χ0n) is 11.9. The summed E-state index contributed by atoms with van der Waals surface area (Å²) in [5, 5.41) is 11.0. The van der Waals surface area contributed by atoms with Gasteiger partial charge in [-0.05, 0) is 31.5 Å². The van der Waals surface area contributed by atoms with E-state index in [9.17, 15) is 13.2 Å². The minimum Gasteiger partial charge on any atom is -0.317 e. The average Bonchev–Trinajstić information content (AvgIpc) is 2.91. The molecule has 0 radical (unpaired) electrons. The highest BCUT2D eigenvalue weighted by atomic mass is 19.4. The van der Waals surface area contributed by atoms with E-state index in [-0.39, 0.29) is 6.04 Å². The molecule has 7 heteroatoms. The number of aromatic nitrogens is 3. The van der Waals surface area contributed by atoms with Crippen LogP contribution in [0.25, 0.3) is 0 Å². The Morgan fingerprint density at radius 2 is 2.10 bits per heavy atom. The van der Waals surface area contributed by atoms with Gasteiger partial charge in [0.15, 0.2) is 0 Å². The fraction of sp³-hybridized carbons (Fsp3) is 0.429. The zero-order chi connectivity index (χ0) is 15.5. The Labute approximate surface area is 121 Å². The third-order valence-electron chi connectivity index (χ3n) is 3.32. The predicted molar refractivity (Wildman–Crippen MR) is 72.4 cm³/mol. The Bertz CT molecular complexity index is 592. The van der Waals surface area contributed by atoms with Crippen molar-refractivity contribution in [2.24, 2.45) is 0 Å². The summed E-state index contributed by atoms with van der Waals surface area (Å²) in [4.78, 5) is 0. The molecule has 1 aromatic carbocycles. The van der Waals surface area contributed by atoms with Crippen molar-refractivity contribution in [1.82, 2.24) is 20.1 Å². The standard InChI is InChI=1S/C14H17F3N4/c1-3-21-9-19-20-13(21)8-18-10(2)11-5-4-6-12(7-11)14(15,16)17/h4-7,9-10,18H,3,8H2,1-2H3. The normalized spacial score (nSPS) is 13.4. The Hall–Kier alpha value is -1.89. The number of halogens is 3. The lowest BCUT2D eigenvalue weighted by molar-refractivity contribution is -0.137. The van der Waals surface area contributed by atoms with E-state index in [0.717, 1.165) is 18.4 Å².